The van der Waals surface area contributed by atoms with E-state index in [9.17, 15) is 0 Å². The van der Waals surface area contributed by atoms with Crippen LogP contribution in [0, 0.1) is 0 Å². The zero-order valence-corrected chi connectivity index (χ0v) is 9.11. The second-order valence-electron chi connectivity index (χ2n) is 3.03. The van der Waals surface area contributed by atoms with Crippen molar-refractivity contribution in [3.63, 3.8) is 0 Å². The molecule has 0 aromatic heterocycles. The number of para-hydroxylation sites is 1. The van der Waals surface area contributed by atoms with Gasteiger partial charge in [-0.05, 0) is 24.3 Å². The van der Waals surface area contributed by atoms with Crippen LogP contribution in [0.3, 0.4) is 0 Å². The van der Waals surface area contributed by atoms with Crippen molar-refractivity contribution in [1.82, 2.24) is 0 Å². The number of benzene rings is 2. The van der Waals surface area contributed by atoms with Gasteiger partial charge in [-0.25, -0.2) is 0 Å². The topological polar surface area (TPSA) is 9.23 Å². The largest absolute Gasteiger partial charge is 0.483 e. The van der Waals surface area contributed by atoms with E-state index in [4.69, 9.17) is 4.74 Å². The quantitative estimate of drug-likeness (QED) is 0.567. The van der Waals surface area contributed by atoms with Crippen LogP contribution in [-0.2, 0) is 0 Å². The first-order valence-electron chi connectivity index (χ1n) is 4.81. The summed E-state index contributed by atoms with van der Waals surface area (Å²) >= 11 is 1.69. The molecule has 0 bridgehead atoms. The van der Waals surface area contributed by atoms with Gasteiger partial charge in [-0.3, -0.25) is 0 Å². The van der Waals surface area contributed by atoms with E-state index in [0.717, 1.165) is 5.75 Å². The summed E-state index contributed by atoms with van der Waals surface area (Å²) in [6.45, 7) is 0. The van der Waals surface area contributed by atoms with Crippen LogP contribution in [0.25, 0.3) is 0 Å². The molecule has 0 saturated carbocycles. The Labute approximate surface area is 94.1 Å². The normalized spacial score (nSPS) is 9.87. The van der Waals surface area contributed by atoms with Crippen molar-refractivity contribution in [2.24, 2.45) is 0 Å². The van der Waals surface area contributed by atoms with Crippen molar-refractivity contribution in [3.8, 4) is 5.75 Å². The third kappa shape index (κ3) is 3.33. The van der Waals surface area contributed by atoms with Crippen molar-refractivity contribution in [2.45, 2.75) is 4.90 Å². The second-order valence-corrected chi connectivity index (χ2v) is 4.03. The maximum absolute atomic E-state index is 5.57. The van der Waals surface area contributed by atoms with Crippen LogP contribution in [-0.4, -0.2) is 5.94 Å². The summed E-state index contributed by atoms with van der Waals surface area (Å²) in [6.07, 6.45) is 0. The molecule has 2 aromatic rings. The van der Waals surface area contributed by atoms with Crippen molar-refractivity contribution >= 4 is 11.8 Å². The van der Waals surface area contributed by atoms with Crippen LogP contribution in [0.4, 0.5) is 0 Å². The maximum Gasteiger partial charge on any atom is 0.138 e. The highest BCUT2D eigenvalue weighted by Gasteiger charge is 1.93. The molecule has 0 atom stereocenters. The average molecular weight is 216 g/mol. The Kier molecular flexibility index (Phi) is 3.69. The van der Waals surface area contributed by atoms with Gasteiger partial charge in [-0.15, -0.1) is 0 Å². The van der Waals surface area contributed by atoms with Gasteiger partial charge in [-0.1, -0.05) is 48.2 Å². The van der Waals surface area contributed by atoms with E-state index in [-0.39, 0.29) is 0 Å². The minimum absolute atomic E-state index is 0.647. The highest BCUT2D eigenvalue weighted by Crippen LogP contribution is 2.18. The molecule has 15 heavy (non-hydrogen) atoms. The molecule has 0 amide bonds. The average Bonchev–Trinajstić information content (AvgIpc) is 2.32. The fraction of sp³-hybridized carbons (Fsp3) is 0.0769. The third-order valence-electron chi connectivity index (χ3n) is 1.94. The van der Waals surface area contributed by atoms with Gasteiger partial charge >= 0.3 is 0 Å². The zero-order chi connectivity index (χ0) is 10.3. The Morgan fingerprint density at radius 3 is 2.07 bits per heavy atom. The van der Waals surface area contributed by atoms with E-state index < -0.39 is 0 Å². The zero-order valence-electron chi connectivity index (χ0n) is 8.30. The molecule has 0 saturated heterocycles. The second kappa shape index (κ2) is 5.47. The molecule has 0 aliphatic rings. The first-order valence-corrected chi connectivity index (χ1v) is 5.79. The van der Waals surface area contributed by atoms with E-state index in [1.165, 1.54) is 4.90 Å². The molecule has 2 heteroatoms. The molecule has 0 fully saturated rings. The smallest absolute Gasteiger partial charge is 0.138 e. The van der Waals surface area contributed by atoms with Crippen molar-refractivity contribution in [1.29, 1.82) is 0 Å². The summed E-state index contributed by atoms with van der Waals surface area (Å²) in [5.74, 6) is 1.56. The molecule has 2 rings (SSSR count). The van der Waals surface area contributed by atoms with E-state index >= 15 is 0 Å². The Morgan fingerprint density at radius 1 is 0.800 bits per heavy atom. The first kappa shape index (κ1) is 10.1. The van der Waals surface area contributed by atoms with E-state index in [2.05, 4.69) is 12.1 Å². The van der Waals surface area contributed by atoms with Crippen LogP contribution < -0.4 is 4.74 Å². The Balaban J connectivity index is 1.81. The maximum atomic E-state index is 5.57. The van der Waals surface area contributed by atoms with Gasteiger partial charge in [0.2, 0.25) is 0 Å². The fourth-order valence-corrected chi connectivity index (χ4v) is 1.88. The van der Waals surface area contributed by atoms with E-state index in [0.29, 0.717) is 5.94 Å². The van der Waals surface area contributed by atoms with Gasteiger partial charge in [0.1, 0.15) is 11.7 Å². The number of hydrogen-bond acceptors (Lipinski definition) is 2. The van der Waals surface area contributed by atoms with Gasteiger partial charge in [0, 0.05) is 4.90 Å². The standard InChI is InChI=1S/C13H12OS/c1-3-7-12(8-4-1)14-11-15-13-9-5-2-6-10-13/h1-10H,11H2. The van der Waals surface area contributed by atoms with Gasteiger partial charge in [-0.2, -0.15) is 0 Å². The lowest BCUT2D eigenvalue weighted by Crippen LogP contribution is -1.91. The number of rotatable bonds is 4. The molecular weight excluding hydrogens is 204 g/mol. The molecule has 2 aromatic carbocycles. The number of thioether (sulfide) groups is 1. The Hall–Kier alpha value is -1.41. The summed E-state index contributed by atoms with van der Waals surface area (Å²) in [6, 6.07) is 20.1. The van der Waals surface area contributed by atoms with Crippen molar-refractivity contribution in [3.05, 3.63) is 60.7 Å². The van der Waals surface area contributed by atoms with Crippen LogP contribution in [0.2, 0.25) is 0 Å². The summed E-state index contributed by atoms with van der Waals surface area (Å²) in [5, 5.41) is 0. The lowest BCUT2D eigenvalue weighted by Gasteiger charge is -2.04. The summed E-state index contributed by atoms with van der Waals surface area (Å²) in [7, 11) is 0. The first-order chi connectivity index (χ1) is 7.45. The van der Waals surface area contributed by atoms with Crippen molar-refractivity contribution in [2.75, 3.05) is 5.94 Å². The minimum Gasteiger partial charge on any atom is -0.483 e. The van der Waals surface area contributed by atoms with Crippen LogP contribution in [0.15, 0.2) is 65.6 Å². The molecule has 0 aliphatic carbocycles. The summed E-state index contributed by atoms with van der Waals surface area (Å²) < 4.78 is 5.57. The fourth-order valence-electron chi connectivity index (χ4n) is 1.20. The monoisotopic (exact) mass is 216 g/mol. The van der Waals surface area contributed by atoms with Gasteiger partial charge in [0.05, 0.1) is 0 Å². The summed E-state index contributed by atoms with van der Waals surface area (Å²) in [4.78, 5) is 1.23. The minimum atomic E-state index is 0.647. The molecule has 0 spiro atoms. The Morgan fingerprint density at radius 2 is 1.40 bits per heavy atom. The highest BCUT2D eigenvalue weighted by atomic mass is 32.2. The van der Waals surface area contributed by atoms with Crippen LogP contribution >= 0.6 is 11.8 Å². The van der Waals surface area contributed by atoms with E-state index in [1.807, 2.05) is 48.5 Å². The van der Waals surface area contributed by atoms with Crippen LogP contribution in [0.5, 0.6) is 5.75 Å². The molecular formula is C13H12OS. The van der Waals surface area contributed by atoms with Gasteiger partial charge in [0.25, 0.3) is 0 Å². The Bertz CT molecular complexity index is 346. The molecule has 1 nitrogen and oxygen atoms in total. The molecule has 0 heterocycles. The van der Waals surface area contributed by atoms with Gasteiger partial charge < -0.3 is 4.74 Å². The predicted molar refractivity (Wildman–Crippen MR) is 64.2 cm³/mol. The summed E-state index contributed by atoms with van der Waals surface area (Å²) in [5.41, 5.74) is 0. The molecule has 0 radical (unpaired) electrons. The lowest BCUT2D eigenvalue weighted by atomic mass is 10.3. The van der Waals surface area contributed by atoms with Crippen molar-refractivity contribution < 1.29 is 4.74 Å². The lowest BCUT2D eigenvalue weighted by molar-refractivity contribution is 0.393. The number of hydrogen-bond donors (Lipinski definition) is 0. The molecule has 0 unspecified atom stereocenters. The van der Waals surface area contributed by atoms with Crippen LogP contribution in [0.1, 0.15) is 0 Å². The SMILES string of the molecule is c1ccc(OCSc2ccccc2)cc1. The van der Waals surface area contributed by atoms with Gasteiger partial charge in [0.15, 0.2) is 0 Å². The highest BCUT2D eigenvalue weighted by molar-refractivity contribution is 7.99. The molecule has 0 N–H and O–H groups in total. The van der Waals surface area contributed by atoms with E-state index in [1.54, 1.807) is 11.8 Å². The molecule has 76 valence electrons. The molecule has 0 aliphatic heterocycles. The third-order valence-corrected chi connectivity index (χ3v) is 2.78. The number of ether oxygens (including phenoxy) is 1. The predicted octanol–water partition coefficient (Wildman–Crippen LogP) is 3.82.